The Kier molecular flexibility index (Phi) is 4.44. The summed E-state index contributed by atoms with van der Waals surface area (Å²) in [5.41, 5.74) is 1.07. The second-order valence-corrected chi connectivity index (χ2v) is 9.91. The molecule has 0 bridgehead atoms. The third-order valence-corrected chi connectivity index (χ3v) is 7.61. The van der Waals surface area contributed by atoms with Crippen molar-refractivity contribution < 1.29 is 13.2 Å². The van der Waals surface area contributed by atoms with Gasteiger partial charge in [0.25, 0.3) is 15.9 Å². The lowest BCUT2D eigenvalue weighted by molar-refractivity contribution is 0.0876. The molecule has 3 aromatic rings. The Hall–Kier alpha value is -2.65. The average molecular weight is 427 g/mol. The summed E-state index contributed by atoms with van der Waals surface area (Å²) in [4.78, 5) is 21.8. The van der Waals surface area contributed by atoms with E-state index in [4.69, 9.17) is 0 Å². The maximum absolute atomic E-state index is 12.6. The molecular formula is C20H18N4O3S2. The summed E-state index contributed by atoms with van der Waals surface area (Å²) >= 11 is 1.34. The number of anilines is 1. The van der Waals surface area contributed by atoms with E-state index < -0.39 is 15.9 Å². The van der Waals surface area contributed by atoms with Crippen LogP contribution >= 0.6 is 11.8 Å². The highest BCUT2D eigenvalue weighted by Gasteiger charge is 2.40. The van der Waals surface area contributed by atoms with E-state index >= 15 is 0 Å². The maximum atomic E-state index is 12.6. The predicted octanol–water partition coefficient (Wildman–Crippen LogP) is 3.14. The lowest BCUT2D eigenvalue weighted by Crippen LogP contribution is -2.32. The van der Waals surface area contributed by atoms with Crippen LogP contribution in [0.25, 0.3) is 10.9 Å². The van der Waals surface area contributed by atoms with E-state index in [2.05, 4.69) is 15.3 Å². The highest BCUT2D eigenvalue weighted by Crippen LogP contribution is 2.32. The molecule has 0 saturated heterocycles. The Balaban J connectivity index is 1.34. The van der Waals surface area contributed by atoms with E-state index in [1.807, 2.05) is 24.3 Å². The van der Waals surface area contributed by atoms with Crippen LogP contribution in [0.1, 0.15) is 23.2 Å². The summed E-state index contributed by atoms with van der Waals surface area (Å²) in [6.45, 7) is 0.0715. The van der Waals surface area contributed by atoms with Gasteiger partial charge >= 0.3 is 0 Å². The van der Waals surface area contributed by atoms with E-state index in [9.17, 15) is 13.2 Å². The van der Waals surface area contributed by atoms with Crippen molar-refractivity contribution in [1.82, 2.24) is 14.3 Å². The Bertz CT molecular complexity index is 1230. The van der Waals surface area contributed by atoms with Crippen LogP contribution in [0.3, 0.4) is 0 Å². The highest BCUT2D eigenvalue weighted by atomic mass is 32.2. The fourth-order valence-corrected chi connectivity index (χ4v) is 5.78. The molecule has 1 saturated carbocycles. The van der Waals surface area contributed by atoms with E-state index in [0.717, 1.165) is 33.9 Å². The molecule has 1 amide bonds. The molecule has 0 spiro atoms. The largest absolute Gasteiger partial charge is 0.367 e. The number of nitrogens with zero attached hydrogens (tertiary/aromatic N) is 3. The Labute approximate surface area is 172 Å². The number of carbonyl (C=O) groups excluding carboxylic acids is 1. The van der Waals surface area contributed by atoms with Crippen LogP contribution in [-0.2, 0) is 10.0 Å². The second-order valence-electron chi connectivity index (χ2n) is 7.02. The molecule has 1 N–H and O–H groups in total. The van der Waals surface area contributed by atoms with Gasteiger partial charge in [-0.15, -0.1) is 0 Å². The van der Waals surface area contributed by atoms with Gasteiger partial charge in [0.2, 0.25) is 0 Å². The Morgan fingerprint density at radius 3 is 2.62 bits per heavy atom. The summed E-state index contributed by atoms with van der Waals surface area (Å²) in [7, 11) is -3.78. The first-order valence-electron chi connectivity index (χ1n) is 9.36. The van der Waals surface area contributed by atoms with Crippen LogP contribution in [0.2, 0.25) is 0 Å². The van der Waals surface area contributed by atoms with Crippen LogP contribution in [0.4, 0.5) is 5.82 Å². The highest BCUT2D eigenvalue weighted by molar-refractivity contribution is 7.99. The molecule has 1 aliphatic carbocycles. The normalized spacial score (nSPS) is 17.5. The van der Waals surface area contributed by atoms with E-state index in [-0.39, 0.29) is 17.0 Å². The average Bonchev–Trinajstić information content (AvgIpc) is 3.51. The van der Waals surface area contributed by atoms with Gasteiger partial charge in [-0.1, -0.05) is 36.0 Å². The molecule has 1 aromatic heterocycles. The molecule has 7 nitrogen and oxygen atoms in total. The number of rotatable bonds is 6. The number of hydrogen-bond acceptors (Lipinski definition) is 7. The summed E-state index contributed by atoms with van der Waals surface area (Å²) < 4.78 is 26.2. The number of carbonyl (C=O) groups is 1. The fourth-order valence-electron chi connectivity index (χ4n) is 3.32. The molecule has 2 aliphatic rings. The fraction of sp³-hybridized carbons (Fsp3) is 0.250. The van der Waals surface area contributed by atoms with Gasteiger partial charge in [0, 0.05) is 23.7 Å². The lowest BCUT2D eigenvalue weighted by Gasteiger charge is -2.15. The number of para-hydroxylation sites is 1. The summed E-state index contributed by atoms with van der Waals surface area (Å²) in [6, 6.07) is 14.6. The van der Waals surface area contributed by atoms with Crippen molar-refractivity contribution in [2.75, 3.05) is 17.6 Å². The zero-order chi connectivity index (χ0) is 20.0. The zero-order valence-electron chi connectivity index (χ0n) is 15.4. The molecule has 29 heavy (non-hydrogen) atoms. The minimum atomic E-state index is -3.78. The van der Waals surface area contributed by atoms with Gasteiger partial charge in [-0.25, -0.2) is 22.7 Å². The molecule has 0 radical (unpaired) electrons. The zero-order valence-corrected chi connectivity index (χ0v) is 17.0. The lowest BCUT2D eigenvalue weighted by atomic mass is 10.2. The number of amides is 1. The smallest absolute Gasteiger partial charge is 0.269 e. The van der Waals surface area contributed by atoms with Crippen LogP contribution < -0.4 is 5.32 Å². The first kappa shape index (κ1) is 18.4. The van der Waals surface area contributed by atoms with Gasteiger partial charge in [0.1, 0.15) is 10.7 Å². The van der Waals surface area contributed by atoms with E-state index in [1.54, 1.807) is 18.2 Å². The maximum Gasteiger partial charge on any atom is 0.269 e. The quantitative estimate of drug-likeness (QED) is 0.478. The summed E-state index contributed by atoms with van der Waals surface area (Å²) in [6.07, 6.45) is 2.27. The third-order valence-electron chi connectivity index (χ3n) is 4.94. The van der Waals surface area contributed by atoms with Crippen molar-refractivity contribution in [3.63, 3.8) is 0 Å². The predicted molar refractivity (Wildman–Crippen MR) is 112 cm³/mol. The van der Waals surface area contributed by atoms with Gasteiger partial charge in [0.05, 0.1) is 11.1 Å². The van der Waals surface area contributed by atoms with E-state index in [1.165, 1.54) is 17.8 Å². The summed E-state index contributed by atoms with van der Waals surface area (Å²) in [5, 5.41) is 4.97. The Morgan fingerprint density at radius 1 is 1.07 bits per heavy atom. The van der Waals surface area contributed by atoms with Crippen molar-refractivity contribution in [3.8, 4) is 0 Å². The molecule has 1 aliphatic heterocycles. The number of hydrogen-bond donors (Lipinski definition) is 1. The molecule has 2 heterocycles. The molecule has 0 unspecified atom stereocenters. The minimum absolute atomic E-state index is 0.0715. The van der Waals surface area contributed by atoms with Crippen molar-refractivity contribution >= 4 is 44.4 Å². The van der Waals surface area contributed by atoms with Crippen LogP contribution in [0.5, 0.6) is 0 Å². The molecule has 148 valence electrons. The van der Waals surface area contributed by atoms with Crippen molar-refractivity contribution in [1.29, 1.82) is 0 Å². The molecule has 1 fully saturated rings. The summed E-state index contributed by atoms with van der Waals surface area (Å²) in [5.74, 6) is 0.703. The Morgan fingerprint density at radius 2 is 1.83 bits per heavy atom. The van der Waals surface area contributed by atoms with E-state index in [0.29, 0.717) is 17.0 Å². The number of sulfonamides is 1. The van der Waals surface area contributed by atoms with Gasteiger partial charge < -0.3 is 5.32 Å². The van der Waals surface area contributed by atoms with Crippen LogP contribution in [-0.4, -0.2) is 46.9 Å². The van der Waals surface area contributed by atoms with Crippen molar-refractivity contribution in [2.24, 2.45) is 0 Å². The van der Waals surface area contributed by atoms with Gasteiger partial charge in [-0.05, 0) is 37.1 Å². The van der Waals surface area contributed by atoms with Crippen LogP contribution in [0, 0.1) is 0 Å². The number of fused-ring (bicyclic) bond motifs is 2. The molecule has 2 aromatic carbocycles. The number of nitrogens with one attached hydrogen (secondary N) is 1. The van der Waals surface area contributed by atoms with Crippen LogP contribution in [0.15, 0.2) is 58.6 Å². The first-order valence-corrected chi connectivity index (χ1v) is 11.8. The SMILES string of the molecule is O=C1c2ccccc2S(=O)(=O)N1CCSc1nc(NC2CC2)c2ccccc2n1. The second kappa shape index (κ2) is 7.00. The van der Waals surface area contributed by atoms with Crippen molar-refractivity contribution in [2.45, 2.75) is 28.9 Å². The van der Waals surface area contributed by atoms with Gasteiger partial charge in [0.15, 0.2) is 5.16 Å². The molecular weight excluding hydrogens is 408 g/mol. The molecule has 5 rings (SSSR count). The van der Waals surface area contributed by atoms with Crippen molar-refractivity contribution in [3.05, 3.63) is 54.1 Å². The standard InChI is InChI=1S/C20H18N4O3S2/c25-19-15-6-2-4-8-17(15)29(26,27)24(19)11-12-28-20-22-16-7-3-1-5-14(16)18(23-20)21-13-9-10-13/h1-8,13H,9-12H2,(H,21,22,23). The minimum Gasteiger partial charge on any atom is -0.367 e. The number of thioether (sulfide) groups is 1. The first-order chi connectivity index (χ1) is 14.0. The molecule has 9 heteroatoms. The monoisotopic (exact) mass is 426 g/mol. The third kappa shape index (κ3) is 3.34. The topological polar surface area (TPSA) is 92.3 Å². The van der Waals surface area contributed by atoms with Gasteiger partial charge in [-0.2, -0.15) is 0 Å². The molecule has 0 atom stereocenters. The number of aromatic nitrogens is 2. The van der Waals surface area contributed by atoms with Gasteiger partial charge in [-0.3, -0.25) is 4.79 Å². The number of benzene rings is 2.